The topological polar surface area (TPSA) is 75.6 Å². The lowest BCUT2D eigenvalue weighted by molar-refractivity contribution is -0.139. The van der Waals surface area contributed by atoms with Crippen molar-refractivity contribution in [3.8, 4) is 28.0 Å². The zero-order valence-corrected chi connectivity index (χ0v) is 24.2. The Hall–Kier alpha value is -4.16. The van der Waals surface area contributed by atoms with Crippen LogP contribution in [0.25, 0.3) is 22.3 Å². The number of hydrogen-bond donors (Lipinski definition) is 2. The van der Waals surface area contributed by atoms with E-state index in [0.717, 1.165) is 32.1 Å². The first-order chi connectivity index (χ1) is 20.4. The molecule has 4 aromatic rings. The molecular formula is C35H35ClFNO4. The Bertz CT molecular complexity index is 1490. The molecule has 0 heterocycles. The van der Waals surface area contributed by atoms with E-state index in [-0.39, 0.29) is 22.8 Å². The zero-order valence-electron chi connectivity index (χ0n) is 23.5. The third-order valence-corrected chi connectivity index (χ3v) is 7.25. The number of ether oxygens (including phenoxy) is 1. The average Bonchev–Trinajstić information content (AvgIpc) is 2.99. The molecule has 0 atom stereocenters. The summed E-state index contributed by atoms with van der Waals surface area (Å²) < 4.78 is 20.7. The normalized spacial score (nSPS) is 10.8. The van der Waals surface area contributed by atoms with Gasteiger partial charge in [0.2, 0.25) is 0 Å². The number of carboxylic acid groups (broad SMARTS) is 1. The van der Waals surface area contributed by atoms with Crippen molar-refractivity contribution in [1.82, 2.24) is 5.32 Å². The van der Waals surface area contributed by atoms with Gasteiger partial charge >= 0.3 is 5.97 Å². The molecule has 218 valence electrons. The highest BCUT2D eigenvalue weighted by molar-refractivity contribution is 6.30. The molecule has 5 nitrogen and oxygen atoms in total. The van der Waals surface area contributed by atoms with Gasteiger partial charge in [0.1, 0.15) is 11.6 Å². The predicted molar refractivity (Wildman–Crippen MR) is 166 cm³/mol. The third-order valence-electron chi connectivity index (χ3n) is 7.01. The molecule has 0 radical (unpaired) electrons. The molecule has 0 saturated heterocycles. The maximum atomic E-state index is 15.0. The number of unbranched alkanes of at least 4 members (excludes halogenated alkanes) is 5. The fourth-order valence-electron chi connectivity index (χ4n) is 4.91. The Labute approximate surface area is 251 Å². The van der Waals surface area contributed by atoms with Crippen LogP contribution in [0.3, 0.4) is 0 Å². The minimum atomic E-state index is -1.18. The SMILES string of the molecule is O=C(O)COc1c(-c2cccc(Cl)c2)cc(C(=O)NCCCCCCCCc2ccccc2)cc1-c1ccccc1F. The summed E-state index contributed by atoms with van der Waals surface area (Å²) in [4.78, 5) is 24.7. The van der Waals surface area contributed by atoms with E-state index < -0.39 is 18.4 Å². The van der Waals surface area contributed by atoms with Crippen LogP contribution in [0.15, 0.2) is 91.0 Å². The van der Waals surface area contributed by atoms with Crippen molar-refractivity contribution in [2.24, 2.45) is 0 Å². The predicted octanol–water partition coefficient (Wildman–Crippen LogP) is 8.59. The maximum Gasteiger partial charge on any atom is 0.341 e. The molecule has 7 heteroatoms. The molecule has 0 aliphatic heterocycles. The highest BCUT2D eigenvalue weighted by Gasteiger charge is 2.21. The summed E-state index contributed by atoms with van der Waals surface area (Å²) in [6.07, 6.45) is 7.59. The first-order valence-corrected chi connectivity index (χ1v) is 14.7. The summed E-state index contributed by atoms with van der Waals surface area (Å²) in [6.45, 7) is -0.117. The second kappa shape index (κ2) is 15.7. The Kier molecular flexibility index (Phi) is 11.5. The molecule has 0 aliphatic rings. The molecule has 0 fully saturated rings. The van der Waals surface area contributed by atoms with Crippen LogP contribution in [0, 0.1) is 5.82 Å². The second-order valence-corrected chi connectivity index (χ2v) is 10.6. The third kappa shape index (κ3) is 8.92. The van der Waals surface area contributed by atoms with E-state index in [2.05, 4.69) is 29.6 Å². The molecule has 0 unspecified atom stereocenters. The molecular weight excluding hydrogens is 553 g/mol. The van der Waals surface area contributed by atoms with E-state index in [1.54, 1.807) is 54.6 Å². The number of aliphatic carboxylic acids is 1. The average molecular weight is 588 g/mol. The van der Waals surface area contributed by atoms with Gasteiger partial charge < -0.3 is 15.2 Å². The lowest BCUT2D eigenvalue weighted by Crippen LogP contribution is -2.24. The number of benzene rings is 4. The van der Waals surface area contributed by atoms with E-state index in [1.165, 1.54) is 24.5 Å². The van der Waals surface area contributed by atoms with E-state index in [9.17, 15) is 19.1 Å². The van der Waals surface area contributed by atoms with Crippen LogP contribution in [0.1, 0.15) is 54.4 Å². The van der Waals surface area contributed by atoms with Crippen molar-refractivity contribution in [3.63, 3.8) is 0 Å². The van der Waals surface area contributed by atoms with Gasteiger partial charge in [-0.2, -0.15) is 0 Å². The van der Waals surface area contributed by atoms with Crippen molar-refractivity contribution < 1.29 is 23.8 Å². The molecule has 2 N–H and O–H groups in total. The summed E-state index contributed by atoms with van der Waals surface area (Å²) in [5, 5.41) is 12.7. The Balaban J connectivity index is 1.45. The summed E-state index contributed by atoms with van der Waals surface area (Å²) in [7, 11) is 0. The number of amides is 1. The Morgan fingerprint density at radius 2 is 1.45 bits per heavy atom. The van der Waals surface area contributed by atoms with Crippen LogP contribution in [0.2, 0.25) is 5.02 Å². The minimum absolute atomic E-state index is 0.161. The van der Waals surface area contributed by atoms with E-state index in [4.69, 9.17) is 16.3 Å². The van der Waals surface area contributed by atoms with Crippen molar-refractivity contribution in [1.29, 1.82) is 0 Å². The fourth-order valence-corrected chi connectivity index (χ4v) is 5.10. The quantitative estimate of drug-likeness (QED) is 0.137. The van der Waals surface area contributed by atoms with Gasteiger partial charge in [-0.05, 0) is 60.7 Å². The van der Waals surface area contributed by atoms with Gasteiger partial charge in [-0.3, -0.25) is 4.79 Å². The fraction of sp³-hybridized carbons (Fsp3) is 0.257. The lowest BCUT2D eigenvalue weighted by atomic mass is 9.93. The monoisotopic (exact) mass is 587 g/mol. The number of aryl methyl sites for hydroxylation is 1. The van der Waals surface area contributed by atoms with Gasteiger partial charge in [-0.25, -0.2) is 9.18 Å². The van der Waals surface area contributed by atoms with Gasteiger partial charge in [0.05, 0.1) is 0 Å². The second-order valence-electron chi connectivity index (χ2n) is 10.2. The highest BCUT2D eigenvalue weighted by Crippen LogP contribution is 2.41. The van der Waals surface area contributed by atoms with Crippen molar-refractivity contribution >= 4 is 23.5 Å². The summed E-state index contributed by atoms with van der Waals surface area (Å²) in [5.74, 6) is -1.84. The summed E-state index contributed by atoms with van der Waals surface area (Å²) >= 11 is 6.25. The number of halogens is 2. The molecule has 0 aliphatic carbocycles. The maximum absolute atomic E-state index is 15.0. The Morgan fingerprint density at radius 3 is 2.19 bits per heavy atom. The van der Waals surface area contributed by atoms with Crippen molar-refractivity contribution in [3.05, 3.63) is 113 Å². The number of nitrogens with one attached hydrogen (secondary N) is 1. The number of carboxylic acids is 1. The summed E-state index contributed by atoms with van der Waals surface area (Å²) in [5.41, 5.74) is 3.23. The van der Waals surface area contributed by atoms with Crippen LogP contribution in [0.5, 0.6) is 5.75 Å². The number of carbonyl (C=O) groups is 2. The largest absolute Gasteiger partial charge is 0.481 e. The van der Waals surface area contributed by atoms with Crippen LogP contribution < -0.4 is 10.1 Å². The number of rotatable bonds is 15. The van der Waals surface area contributed by atoms with Crippen LogP contribution in [0.4, 0.5) is 4.39 Å². The standard InChI is InChI=1S/C35H35ClFNO4/c36-28-17-12-16-26(21-28)30-22-27(23-31(34(30)42-24-33(39)40)29-18-9-10-19-32(29)37)35(41)38-20-11-4-2-1-3-6-13-25-14-7-5-8-15-25/h5,7-10,12,14-19,21-23H,1-4,6,11,13,20,24H2,(H,38,41)(H,39,40). The highest BCUT2D eigenvalue weighted by atomic mass is 35.5. The van der Waals surface area contributed by atoms with Crippen molar-refractivity contribution in [2.45, 2.75) is 44.9 Å². The molecule has 0 bridgehead atoms. The van der Waals surface area contributed by atoms with E-state index in [0.29, 0.717) is 28.3 Å². The first kappa shape index (κ1) is 30.8. The van der Waals surface area contributed by atoms with Crippen molar-refractivity contribution in [2.75, 3.05) is 13.2 Å². The number of carbonyl (C=O) groups excluding carboxylic acids is 1. The Morgan fingerprint density at radius 1 is 0.762 bits per heavy atom. The smallest absolute Gasteiger partial charge is 0.341 e. The molecule has 0 aromatic heterocycles. The molecule has 4 rings (SSSR count). The van der Waals surface area contributed by atoms with Gasteiger partial charge in [-0.1, -0.05) is 97.9 Å². The van der Waals surface area contributed by atoms with Crippen LogP contribution >= 0.6 is 11.6 Å². The lowest BCUT2D eigenvalue weighted by Gasteiger charge is -2.18. The zero-order chi connectivity index (χ0) is 29.7. The first-order valence-electron chi connectivity index (χ1n) is 14.3. The summed E-state index contributed by atoms with van der Waals surface area (Å²) in [6, 6.07) is 26.7. The van der Waals surface area contributed by atoms with E-state index in [1.807, 2.05) is 6.07 Å². The molecule has 4 aromatic carbocycles. The molecule has 0 spiro atoms. The van der Waals surface area contributed by atoms with Gasteiger partial charge in [0, 0.05) is 33.8 Å². The van der Waals surface area contributed by atoms with Gasteiger partial charge in [0.15, 0.2) is 6.61 Å². The van der Waals surface area contributed by atoms with Crippen LogP contribution in [-0.4, -0.2) is 30.1 Å². The molecule has 0 saturated carbocycles. The van der Waals surface area contributed by atoms with Crippen LogP contribution in [-0.2, 0) is 11.2 Å². The number of hydrogen-bond acceptors (Lipinski definition) is 3. The van der Waals surface area contributed by atoms with Gasteiger partial charge in [0.25, 0.3) is 5.91 Å². The molecule has 1 amide bonds. The minimum Gasteiger partial charge on any atom is -0.481 e. The molecule has 42 heavy (non-hydrogen) atoms. The van der Waals surface area contributed by atoms with E-state index >= 15 is 0 Å². The van der Waals surface area contributed by atoms with Gasteiger partial charge in [-0.15, -0.1) is 0 Å².